The van der Waals surface area contributed by atoms with Crippen molar-refractivity contribution in [1.29, 1.82) is 0 Å². The first-order valence-corrected chi connectivity index (χ1v) is 4.08. The molecule has 2 rings (SSSR count). The Bertz CT molecular complexity index is 411. The lowest BCUT2D eigenvalue weighted by Gasteiger charge is -1.96. The number of rotatable bonds is 1. The zero-order chi connectivity index (χ0) is 10.1. The van der Waals surface area contributed by atoms with Gasteiger partial charge in [-0.2, -0.15) is 0 Å². The second-order valence-corrected chi connectivity index (χ2v) is 2.88. The van der Waals surface area contributed by atoms with E-state index in [1.165, 1.54) is 0 Å². The molecule has 0 radical (unpaired) electrons. The maximum Gasteiger partial charge on any atom is 0.484 e. The molecule has 1 heterocycles. The van der Waals surface area contributed by atoms with Crippen molar-refractivity contribution in [3.63, 3.8) is 0 Å². The Balaban J connectivity index is 2.49. The highest BCUT2D eigenvalue weighted by atomic mass is 16.5. The van der Waals surface area contributed by atoms with Gasteiger partial charge < -0.3 is 14.8 Å². The number of hydrogen-bond acceptors (Lipinski definition) is 4. The molecule has 0 saturated carbocycles. The molecule has 1 aliphatic rings. The van der Waals surface area contributed by atoms with Gasteiger partial charge in [0.15, 0.2) is 0 Å². The molecular formula is C9H7BO4. The molecule has 70 valence electrons. The first kappa shape index (κ1) is 8.99. The smallest absolute Gasteiger partial charge is 0.423 e. The number of fused-ring (bicyclic) bond motifs is 1. The second-order valence-electron chi connectivity index (χ2n) is 2.88. The average molecular weight is 190 g/mol. The lowest BCUT2D eigenvalue weighted by Crippen LogP contribution is -2.07. The minimum atomic E-state index is -1.62. The summed E-state index contributed by atoms with van der Waals surface area (Å²) >= 11 is 0. The van der Waals surface area contributed by atoms with Crippen molar-refractivity contribution < 1.29 is 19.6 Å². The Kier molecular flexibility index (Phi) is 2.11. The van der Waals surface area contributed by atoms with Gasteiger partial charge in [-0.05, 0) is 12.0 Å². The van der Waals surface area contributed by atoms with Crippen LogP contribution in [0.25, 0.3) is 5.76 Å². The van der Waals surface area contributed by atoms with Crippen molar-refractivity contribution in [3.8, 4) is 0 Å². The maximum absolute atomic E-state index is 11.2. The van der Waals surface area contributed by atoms with Crippen molar-refractivity contribution in [2.45, 2.75) is 0 Å². The SMILES string of the molecule is O=C1O/C(=C/B(O)O)c2ccccc21. The zero-order valence-electron chi connectivity index (χ0n) is 7.18. The molecule has 1 aromatic carbocycles. The fourth-order valence-electron chi connectivity index (χ4n) is 1.34. The van der Waals surface area contributed by atoms with Gasteiger partial charge in [0, 0.05) is 5.56 Å². The molecule has 1 aromatic rings. The summed E-state index contributed by atoms with van der Waals surface area (Å²) in [5.74, 6) is 0.803. The third-order valence-electron chi connectivity index (χ3n) is 1.92. The lowest BCUT2D eigenvalue weighted by atomic mass is 9.89. The Morgan fingerprint density at radius 2 is 1.86 bits per heavy atom. The molecule has 14 heavy (non-hydrogen) atoms. The van der Waals surface area contributed by atoms with E-state index in [4.69, 9.17) is 14.8 Å². The molecule has 2 N–H and O–H groups in total. The van der Waals surface area contributed by atoms with Crippen LogP contribution in [0, 0.1) is 0 Å². The highest BCUT2D eigenvalue weighted by Crippen LogP contribution is 2.28. The summed E-state index contributed by atoms with van der Waals surface area (Å²) in [5, 5.41) is 17.4. The van der Waals surface area contributed by atoms with Crippen molar-refractivity contribution in [2.24, 2.45) is 0 Å². The summed E-state index contributed by atoms with van der Waals surface area (Å²) in [6.45, 7) is 0. The average Bonchev–Trinajstić information content (AvgIpc) is 2.44. The Hall–Kier alpha value is -1.59. The molecule has 5 heteroatoms. The highest BCUT2D eigenvalue weighted by molar-refractivity contribution is 6.49. The third-order valence-corrected chi connectivity index (χ3v) is 1.92. The number of carbonyl (C=O) groups is 1. The predicted octanol–water partition coefficient (Wildman–Crippen LogP) is 0.210. The number of cyclic esters (lactones) is 1. The van der Waals surface area contributed by atoms with Gasteiger partial charge in [0.2, 0.25) is 0 Å². The number of carbonyl (C=O) groups excluding carboxylic acids is 1. The van der Waals surface area contributed by atoms with Crippen molar-refractivity contribution in [1.82, 2.24) is 0 Å². The van der Waals surface area contributed by atoms with Crippen LogP contribution in [-0.4, -0.2) is 23.1 Å². The number of hydrogen-bond donors (Lipinski definition) is 2. The molecule has 0 amide bonds. The first-order chi connectivity index (χ1) is 6.68. The van der Waals surface area contributed by atoms with Gasteiger partial charge in [0.1, 0.15) is 5.76 Å². The van der Waals surface area contributed by atoms with Crippen molar-refractivity contribution in [2.75, 3.05) is 0 Å². The Morgan fingerprint density at radius 3 is 2.50 bits per heavy atom. The Labute approximate surface area is 80.6 Å². The summed E-state index contributed by atoms with van der Waals surface area (Å²) in [4.78, 5) is 11.2. The van der Waals surface area contributed by atoms with Crippen LogP contribution in [0.2, 0.25) is 0 Å². The van der Waals surface area contributed by atoms with Crippen LogP contribution in [0.1, 0.15) is 15.9 Å². The lowest BCUT2D eigenvalue weighted by molar-refractivity contribution is 0.0716. The first-order valence-electron chi connectivity index (χ1n) is 4.08. The summed E-state index contributed by atoms with van der Waals surface area (Å²) in [6, 6.07) is 6.79. The van der Waals surface area contributed by atoms with E-state index in [2.05, 4.69) is 0 Å². The van der Waals surface area contributed by atoms with Gasteiger partial charge in [-0.25, -0.2) is 4.79 Å². The fourth-order valence-corrected chi connectivity index (χ4v) is 1.34. The van der Waals surface area contributed by atoms with E-state index >= 15 is 0 Å². The van der Waals surface area contributed by atoms with Crippen LogP contribution in [0.3, 0.4) is 0 Å². The van der Waals surface area contributed by atoms with Crippen molar-refractivity contribution >= 4 is 18.8 Å². The Morgan fingerprint density at radius 1 is 1.21 bits per heavy atom. The molecular weight excluding hydrogens is 183 g/mol. The third kappa shape index (κ3) is 1.43. The minimum Gasteiger partial charge on any atom is -0.423 e. The van der Waals surface area contributed by atoms with Gasteiger partial charge in [-0.1, -0.05) is 18.2 Å². The summed E-state index contributed by atoms with van der Waals surface area (Å²) in [7, 11) is -1.62. The number of benzene rings is 1. The number of ether oxygens (including phenoxy) is 1. The van der Waals surface area contributed by atoms with Gasteiger partial charge in [0.25, 0.3) is 0 Å². The molecule has 0 unspecified atom stereocenters. The minimum absolute atomic E-state index is 0.195. The van der Waals surface area contributed by atoms with Crippen LogP contribution in [0.15, 0.2) is 30.2 Å². The van der Waals surface area contributed by atoms with Gasteiger partial charge in [-0.3, -0.25) is 0 Å². The van der Waals surface area contributed by atoms with Crippen LogP contribution in [-0.2, 0) is 4.74 Å². The normalized spacial score (nSPS) is 16.7. The molecule has 0 fully saturated rings. The quantitative estimate of drug-likeness (QED) is 0.490. The summed E-state index contributed by atoms with van der Waals surface area (Å²) < 4.78 is 4.84. The van der Waals surface area contributed by atoms with Crippen LogP contribution >= 0.6 is 0 Å². The second kappa shape index (κ2) is 3.28. The molecule has 0 bridgehead atoms. The van der Waals surface area contributed by atoms with E-state index < -0.39 is 13.1 Å². The predicted molar refractivity (Wildman–Crippen MR) is 50.0 cm³/mol. The van der Waals surface area contributed by atoms with E-state index in [1.807, 2.05) is 0 Å². The monoisotopic (exact) mass is 190 g/mol. The van der Waals surface area contributed by atoms with E-state index in [-0.39, 0.29) is 5.76 Å². The zero-order valence-corrected chi connectivity index (χ0v) is 7.18. The standard InChI is InChI=1S/C9H7BO4/c11-9-7-4-2-1-3-6(7)8(14-9)5-10(12)13/h1-5,12-13H/b8-5+. The molecule has 0 aliphatic carbocycles. The fraction of sp³-hybridized carbons (Fsp3) is 0. The maximum atomic E-state index is 11.2. The van der Waals surface area contributed by atoms with E-state index in [0.29, 0.717) is 11.1 Å². The number of esters is 1. The van der Waals surface area contributed by atoms with E-state index in [0.717, 1.165) is 5.98 Å². The molecule has 0 spiro atoms. The summed E-state index contributed by atoms with van der Waals surface area (Å²) in [6.07, 6.45) is 0. The molecule has 0 aromatic heterocycles. The molecule has 0 atom stereocenters. The van der Waals surface area contributed by atoms with Crippen LogP contribution in [0.4, 0.5) is 0 Å². The molecule has 4 nitrogen and oxygen atoms in total. The van der Waals surface area contributed by atoms with E-state index in [1.54, 1.807) is 24.3 Å². The van der Waals surface area contributed by atoms with Gasteiger partial charge in [0.05, 0.1) is 5.56 Å². The van der Waals surface area contributed by atoms with Gasteiger partial charge in [-0.15, -0.1) is 0 Å². The largest absolute Gasteiger partial charge is 0.484 e. The highest BCUT2D eigenvalue weighted by Gasteiger charge is 2.26. The summed E-state index contributed by atoms with van der Waals surface area (Å²) in [5.41, 5.74) is 1.03. The van der Waals surface area contributed by atoms with Gasteiger partial charge >= 0.3 is 13.1 Å². The molecule has 0 saturated heterocycles. The molecule has 1 aliphatic heterocycles. The van der Waals surface area contributed by atoms with Crippen LogP contribution in [0.5, 0.6) is 0 Å². The van der Waals surface area contributed by atoms with Crippen molar-refractivity contribution in [3.05, 3.63) is 41.4 Å². The topological polar surface area (TPSA) is 66.8 Å². The van der Waals surface area contributed by atoms with Crippen LogP contribution < -0.4 is 0 Å². The van der Waals surface area contributed by atoms with E-state index in [9.17, 15) is 4.79 Å².